The van der Waals surface area contributed by atoms with Gasteiger partial charge >= 0.3 is 0 Å². The van der Waals surface area contributed by atoms with Crippen LogP contribution in [0.2, 0.25) is 0 Å². The summed E-state index contributed by atoms with van der Waals surface area (Å²) in [4.78, 5) is 10.7. The lowest BCUT2D eigenvalue weighted by Crippen LogP contribution is -2.15. The van der Waals surface area contributed by atoms with Crippen LogP contribution in [0.25, 0.3) is 0 Å². The summed E-state index contributed by atoms with van der Waals surface area (Å²) in [7, 11) is 1.24. The Bertz CT molecular complexity index is 352. The highest BCUT2D eigenvalue weighted by Gasteiger charge is 2.18. The standard InChI is InChI=1S/C8H7F2NO2/c1-13-5-3-2-4(9)7(10)6(5)8(11)12/h2-3H,1H3,(H2,11,12). The molecule has 0 spiro atoms. The fraction of sp³-hybridized carbons (Fsp3) is 0.125. The molecule has 0 bridgehead atoms. The number of benzene rings is 1. The van der Waals surface area contributed by atoms with Crippen molar-refractivity contribution in [2.45, 2.75) is 0 Å². The Kier molecular flexibility index (Phi) is 2.46. The average Bonchev–Trinajstić information content (AvgIpc) is 2.08. The SMILES string of the molecule is COc1ccc(F)c(F)c1C(N)=O. The Hall–Kier alpha value is -1.65. The van der Waals surface area contributed by atoms with Crippen LogP contribution in [0.4, 0.5) is 8.78 Å². The van der Waals surface area contributed by atoms with E-state index < -0.39 is 23.1 Å². The van der Waals surface area contributed by atoms with Crippen molar-refractivity contribution < 1.29 is 18.3 Å². The number of halogens is 2. The van der Waals surface area contributed by atoms with Crippen LogP contribution in [0.15, 0.2) is 12.1 Å². The number of methoxy groups -OCH3 is 1. The van der Waals surface area contributed by atoms with Gasteiger partial charge in [-0.3, -0.25) is 4.79 Å². The summed E-state index contributed by atoms with van der Waals surface area (Å²) in [6, 6.07) is 2.00. The molecule has 70 valence electrons. The molecule has 0 aromatic heterocycles. The van der Waals surface area contributed by atoms with E-state index >= 15 is 0 Å². The van der Waals surface area contributed by atoms with Crippen molar-refractivity contribution in [2.75, 3.05) is 7.11 Å². The number of rotatable bonds is 2. The number of nitrogens with two attached hydrogens (primary N) is 1. The number of hydrogen-bond acceptors (Lipinski definition) is 2. The lowest BCUT2D eigenvalue weighted by Gasteiger charge is -2.05. The molecule has 0 unspecified atom stereocenters. The summed E-state index contributed by atoms with van der Waals surface area (Å²) in [5, 5.41) is 0. The monoisotopic (exact) mass is 187 g/mol. The molecule has 13 heavy (non-hydrogen) atoms. The highest BCUT2D eigenvalue weighted by molar-refractivity contribution is 5.95. The summed E-state index contributed by atoms with van der Waals surface area (Å²) >= 11 is 0. The smallest absolute Gasteiger partial charge is 0.255 e. The van der Waals surface area contributed by atoms with Crippen LogP contribution in [0, 0.1) is 11.6 Å². The molecule has 0 aliphatic rings. The van der Waals surface area contributed by atoms with Crippen molar-refractivity contribution in [1.82, 2.24) is 0 Å². The van der Waals surface area contributed by atoms with Crippen molar-refractivity contribution in [3.05, 3.63) is 29.3 Å². The van der Waals surface area contributed by atoms with Gasteiger partial charge in [-0.25, -0.2) is 8.78 Å². The van der Waals surface area contributed by atoms with E-state index in [4.69, 9.17) is 5.73 Å². The van der Waals surface area contributed by atoms with Gasteiger partial charge in [-0.2, -0.15) is 0 Å². The zero-order valence-corrected chi connectivity index (χ0v) is 6.80. The minimum absolute atomic E-state index is 0.0774. The molecule has 1 aromatic rings. The fourth-order valence-corrected chi connectivity index (χ4v) is 0.933. The van der Waals surface area contributed by atoms with E-state index in [1.807, 2.05) is 0 Å². The first-order chi connectivity index (χ1) is 6.07. The maximum Gasteiger partial charge on any atom is 0.255 e. The summed E-state index contributed by atoms with van der Waals surface area (Å²) in [5.74, 6) is -3.55. The molecule has 1 rings (SSSR count). The van der Waals surface area contributed by atoms with E-state index in [1.165, 1.54) is 7.11 Å². The van der Waals surface area contributed by atoms with Gasteiger partial charge in [0.25, 0.3) is 5.91 Å². The predicted octanol–water partition coefficient (Wildman–Crippen LogP) is 1.07. The number of carbonyl (C=O) groups excluding carboxylic acids is 1. The molecule has 0 atom stereocenters. The van der Waals surface area contributed by atoms with E-state index in [0.29, 0.717) is 0 Å². The van der Waals surface area contributed by atoms with Gasteiger partial charge in [0.2, 0.25) is 0 Å². The molecular weight excluding hydrogens is 180 g/mol. The Balaban J connectivity index is 3.41. The van der Waals surface area contributed by atoms with E-state index in [0.717, 1.165) is 12.1 Å². The van der Waals surface area contributed by atoms with Crippen molar-refractivity contribution in [3.63, 3.8) is 0 Å². The molecule has 0 heterocycles. The molecule has 3 nitrogen and oxygen atoms in total. The van der Waals surface area contributed by atoms with Gasteiger partial charge in [0.05, 0.1) is 7.11 Å². The van der Waals surface area contributed by atoms with Crippen LogP contribution in [0.3, 0.4) is 0 Å². The highest BCUT2D eigenvalue weighted by atomic mass is 19.2. The van der Waals surface area contributed by atoms with Crippen LogP contribution < -0.4 is 10.5 Å². The molecule has 0 aliphatic heterocycles. The third-order valence-corrected chi connectivity index (χ3v) is 1.52. The number of carbonyl (C=O) groups is 1. The number of amides is 1. The van der Waals surface area contributed by atoms with Gasteiger partial charge in [-0.05, 0) is 12.1 Å². The molecule has 1 aromatic carbocycles. The molecule has 1 amide bonds. The van der Waals surface area contributed by atoms with Gasteiger partial charge in [0.15, 0.2) is 11.6 Å². The van der Waals surface area contributed by atoms with Gasteiger partial charge in [0, 0.05) is 0 Å². The quantitative estimate of drug-likeness (QED) is 0.752. The Morgan fingerprint density at radius 3 is 2.54 bits per heavy atom. The van der Waals surface area contributed by atoms with Gasteiger partial charge in [-0.15, -0.1) is 0 Å². The number of ether oxygens (including phenoxy) is 1. The molecular formula is C8H7F2NO2. The van der Waals surface area contributed by atoms with E-state index in [1.54, 1.807) is 0 Å². The van der Waals surface area contributed by atoms with Crippen LogP contribution in [-0.4, -0.2) is 13.0 Å². The zero-order chi connectivity index (χ0) is 10.0. The Labute approximate surface area is 73.1 Å². The second kappa shape index (κ2) is 3.38. The third-order valence-electron chi connectivity index (χ3n) is 1.52. The maximum absolute atomic E-state index is 12.9. The van der Waals surface area contributed by atoms with Crippen LogP contribution >= 0.6 is 0 Å². The number of primary amides is 1. The lowest BCUT2D eigenvalue weighted by atomic mass is 10.1. The first-order valence-corrected chi connectivity index (χ1v) is 3.39. The topological polar surface area (TPSA) is 52.3 Å². The normalized spacial score (nSPS) is 9.77. The summed E-state index contributed by atoms with van der Waals surface area (Å²) in [6.45, 7) is 0. The first-order valence-electron chi connectivity index (χ1n) is 3.39. The molecule has 5 heteroatoms. The van der Waals surface area contributed by atoms with Crippen molar-refractivity contribution in [2.24, 2.45) is 5.73 Å². The minimum atomic E-state index is -1.29. The largest absolute Gasteiger partial charge is 0.496 e. The molecule has 2 N–H and O–H groups in total. The minimum Gasteiger partial charge on any atom is -0.496 e. The lowest BCUT2D eigenvalue weighted by molar-refractivity contribution is 0.0992. The zero-order valence-electron chi connectivity index (χ0n) is 6.80. The second-order valence-corrected chi connectivity index (χ2v) is 2.30. The van der Waals surface area contributed by atoms with Crippen LogP contribution in [-0.2, 0) is 0 Å². The van der Waals surface area contributed by atoms with E-state index in [-0.39, 0.29) is 5.75 Å². The molecule has 0 aliphatic carbocycles. The first kappa shape index (κ1) is 9.44. The summed E-state index contributed by atoms with van der Waals surface area (Å²) in [5.41, 5.74) is 4.27. The van der Waals surface area contributed by atoms with Crippen LogP contribution in [0.5, 0.6) is 5.75 Å². The van der Waals surface area contributed by atoms with Crippen molar-refractivity contribution in [1.29, 1.82) is 0 Å². The van der Waals surface area contributed by atoms with Gasteiger partial charge in [0.1, 0.15) is 11.3 Å². The van der Waals surface area contributed by atoms with Gasteiger partial charge < -0.3 is 10.5 Å². The predicted molar refractivity (Wildman–Crippen MR) is 41.4 cm³/mol. The van der Waals surface area contributed by atoms with E-state index in [2.05, 4.69) is 4.74 Å². The maximum atomic E-state index is 12.9. The third kappa shape index (κ3) is 1.58. The molecule has 0 fully saturated rings. The van der Waals surface area contributed by atoms with E-state index in [9.17, 15) is 13.6 Å². The Morgan fingerprint density at radius 1 is 1.46 bits per heavy atom. The van der Waals surface area contributed by atoms with Gasteiger partial charge in [-0.1, -0.05) is 0 Å². The summed E-state index contributed by atoms with van der Waals surface area (Å²) in [6.07, 6.45) is 0. The summed E-state index contributed by atoms with van der Waals surface area (Å²) < 4.78 is 30.2. The molecule has 0 saturated heterocycles. The Morgan fingerprint density at radius 2 is 2.08 bits per heavy atom. The average molecular weight is 187 g/mol. The molecule has 0 saturated carbocycles. The fourth-order valence-electron chi connectivity index (χ4n) is 0.933. The van der Waals surface area contributed by atoms with Crippen LogP contribution in [0.1, 0.15) is 10.4 Å². The molecule has 0 radical (unpaired) electrons. The highest BCUT2D eigenvalue weighted by Crippen LogP contribution is 2.22. The number of hydrogen-bond donors (Lipinski definition) is 1. The second-order valence-electron chi connectivity index (χ2n) is 2.30. The van der Waals surface area contributed by atoms with Crippen molar-refractivity contribution >= 4 is 5.91 Å². The van der Waals surface area contributed by atoms with Crippen molar-refractivity contribution in [3.8, 4) is 5.75 Å².